The summed E-state index contributed by atoms with van der Waals surface area (Å²) in [5.41, 5.74) is -0.517. The van der Waals surface area contributed by atoms with Crippen molar-refractivity contribution in [2.45, 2.75) is 38.9 Å². The van der Waals surface area contributed by atoms with E-state index in [0.29, 0.717) is 19.5 Å². The second-order valence-electron chi connectivity index (χ2n) is 5.04. The van der Waals surface area contributed by atoms with E-state index in [9.17, 15) is 9.59 Å². The summed E-state index contributed by atoms with van der Waals surface area (Å²) in [4.78, 5) is 23.5. The predicted molar refractivity (Wildman–Crippen MR) is 59.8 cm³/mol. The monoisotopic (exact) mass is 245 g/mol. The third-order valence-electron chi connectivity index (χ3n) is 2.24. The van der Waals surface area contributed by atoms with Gasteiger partial charge in [0.05, 0.1) is 12.6 Å². The molecule has 1 saturated heterocycles. The van der Waals surface area contributed by atoms with Crippen LogP contribution in [0, 0.1) is 0 Å². The Morgan fingerprint density at radius 3 is 2.59 bits per heavy atom. The lowest BCUT2D eigenvalue weighted by Gasteiger charge is -2.24. The lowest BCUT2D eigenvalue weighted by molar-refractivity contribution is -0.144. The highest BCUT2D eigenvalue weighted by Crippen LogP contribution is 2.16. The summed E-state index contributed by atoms with van der Waals surface area (Å²) in [6.45, 7) is 6.02. The molecule has 1 aliphatic rings. The Balaban J connectivity index is 2.34. The summed E-state index contributed by atoms with van der Waals surface area (Å²) in [6, 6.07) is 0. The van der Waals surface area contributed by atoms with Gasteiger partial charge in [-0.15, -0.1) is 0 Å². The van der Waals surface area contributed by atoms with Gasteiger partial charge in [0, 0.05) is 6.54 Å². The minimum absolute atomic E-state index is 0.210. The molecule has 1 unspecified atom stereocenters. The molecule has 1 heterocycles. The summed E-state index contributed by atoms with van der Waals surface area (Å²) >= 11 is 0. The van der Waals surface area contributed by atoms with E-state index in [4.69, 9.17) is 14.6 Å². The fraction of sp³-hybridized carbons (Fsp3) is 0.818. The van der Waals surface area contributed by atoms with Crippen molar-refractivity contribution >= 4 is 12.1 Å². The Morgan fingerprint density at radius 1 is 1.41 bits per heavy atom. The van der Waals surface area contributed by atoms with Crippen molar-refractivity contribution in [1.29, 1.82) is 0 Å². The predicted octanol–water partition coefficient (Wildman–Crippen LogP) is 1.10. The molecule has 1 fully saturated rings. The van der Waals surface area contributed by atoms with Gasteiger partial charge in [0.2, 0.25) is 0 Å². The molecule has 0 saturated carbocycles. The molecule has 0 aromatic heterocycles. The zero-order chi connectivity index (χ0) is 13.1. The quantitative estimate of drug-likeness (QED) is 0.805. The van der Waals surface area contributed by atoms with Gasteiger partial charge in [-0.2, -0.15) is 0 Å². The topological polar surface area (TPSA) is 76.1 Å². The van der Waals surface area contributed by atoms with E-state index in [1.165, 1.54) is 4.90 Å². The van der Waals surface area contributed by atoms with E-state index in [1.54, 1.807) is 20.8 Å². The van der Waals surface area contributed by atoms with Crippen molar-refractivity contribution in [2.24, 2.45) is 0 Å². The van der Waals surface area contributed by atoms with Gasteiger partial charge in [-0.25, -0.2) is 9.59 Å². The average molecular weight is 245 g/mol. The number of carbonyl (C=O) groups excluding carboxylic acids is 1. The molecule has 1 rings (SSSR count). The maximum absolute atomic E-state index is 11.7. The first-order chi connectivity index (χ1) is 7.78. The minimum Gasteiger partial charge on any atom is -0.480 e. The van der Waals surface area contributed by atoms with Gasteiger partial charge in [0.25, 0.3) is 0 Å². The van der Waals surface area contributed by atoms with E-state index in [1.807, 2.05) is 0 Å². The lowest BCUT2D eigenvalue weighted by atomic mass is 10.2. The van der Waals surface area contributed by atoms with Crippen LogP contribution in [0.1, 0.15) is 27.2 Å². The van der Waals surface area contributed by atoms with E-state index in [-0.39, 0.29) is 18.8 Å². The van der Waals surface area contributed by atoms with E-state index < -0.39 is 11.6 Å². The van der Waals surface area contributed by atoms with Gasteiger partial charge in [-0.05, 0) is 27.2 Å². The van der Waals surface area contributed by atoms with Gasteiger partial charge in [0.15, 0.2) is 0 Å². The number of hydrogen-bond donors (Lipinski definition) is 1. The Bertz CT molecular complexity index is 297. The van der Waals surface area contributed by atoms with Gasteiger partial charge in [0.1, 0.15) is 12.2 Å². The largest absolute Gasteiger partial charge is 0.480 e. The molecule has 0 aromatic carbocycles. The summed E-state index contributed by atoms with van der Waals surface area (Å²) in [5.74, 6) is -0.999. The highest BCUT2D eigenvalue weighted by Gasteiger charge is 2.30. The molecule has 0 bridgehead atoms. The van der Waals surface area contributed by atoms with Gasteiger partial charge in [-0.1, -0.05) is 0 Å². The molecule has 1 amide bonds. The number of amides is 1. The van der Waals surface area contributed by atoms with Crippen LogP contribution in [0.4, 0.5) is 4.79 Å². The van der Waals surface area contributed by atoms with Crippen LogP contribution in [-0.2, 0) is 14.3 Å². The number of nitrogens with zero attached hydrogens (tertiary/aromatic N) is 1. The molecule has 1 atom stereocenters. The van der Waals surface area contributed by atoms with Crippen LogP contribution in [0.25, 0.3) is 0 Å². The van der Waals surface area contributed by atoms with Crippen LogP contribution in [0.3, 0.4) is 0 Å². The van der Waals surface area contributed by atoms with Crippen molar-refractivity contribution < 1.29 is 24.2 Å². The molecule has 0 spiro atoms. The number of likely N-dealkylation sites (tertiary alicyclic amines) is 1. The molecule has 0 aliphatic carbocycles. The molecule has 17 heavy (non-hydrogen) atoms. The van der Waals surface area contributed by atoms with Crippen molar-refractivity contribution in [3.8, 4) is 0 Å². The summed E-state index contributed by atoms with van der Waals surface area (Å²) < 4.78 is 10.3. The van der Waals surface area contributed by atoms with Crippen LogP contribution < -0.4 is 0 Å². The van der Waals surface area contributed by atoms with Gasteiger partial charge in [-0.3, -0.25) is 0 Å². The molecule has 6 heteroatoms. The number of hydrogen-bond acceptors (Lipinski definition) is 4. The number of carbonyl (C=O) groups is 2. The number of carboxylic acid groups (broad SMARTS) is 1. The van der Waals surface area contributed by atoms with Gasteiger partial charge < -0.3 is 19.5 Å². The average Bonchev–Trinajstić information content (AvgIpc) is 2.60. The first kappa shape index (κ1) is 13.8. The molecular weight excluding hydrogens is 226 g/mol. The van der Waals surface area contributed by atoms with Crippen LogP contribution >= 0.6 is 0 Å². The molecule has 1 N–H and O–H groups in total. The molecule has 0 radical (unpaired) electrons. The fourth-order valence-electron chi connectivity index (χ4n) is 1.55. The van der Waals surface area contributed by atoms with Crippen LogP contribution in [0.2, 0.25) is 0 Å². The summed E-state index contributed by atoms with van der Waals surface area (Å²) in [7, 11) is 0. The van der Waals surface area contributed by atoms with E-state index in [0.717, 1.165) is 0 Å². The second-order valence-corrected chi connectivity index (χ2v) is 5.04. The Morgan fingerprint density at radius 2 is 2.06 bits per heavy atom. The van der Waals surface area contributed by atoms with Crippen molar-refractivity contribution in [1.82, 2.24) is 4.90 Å². The molecular formula is C11H19NO5. The second kappa shape index (κ2) is 5.35. The lowest BCUT2D eigenvalue weighted by Crippen LogP contribution is -2.36. The minimum atomic E-state index is -0.999. The maximum Gasteiger partial charge on any atom is 0.410 e. The smallest absolute Gasteiger partial charge is 0.410 e. The number of rotatable bonds is 3. The molecule has 98 valence electrons. The Labute approximate surface area is 100 Å². The van der Waals surface area contributed by atoms with Gasteiger partial charge >= 0.3 is 12.1 Å². The first-order valence-corrected chi connectivity index (χ1v) is 5.59. The van der Waals surface area contributed by atoms with Crippen LogP contribution in [-0.4, -0.2) is 53.5 Å². The normalized spacial score (nSPS) is 20.4. The molecule has 1 aliphatic heterocycles. The third-order valence-corrected chi connectivity index (χ3v) is 2.24. The standard InChI is InChI=1S/C11H19NO5/c1-11(2,3)17-10(15)12-5-4-8(6-12)16-7-9(13)14/h8H,4-7H2,1-3H3,(H,13,14). The number of aliphatic carboxylic acids is 1. The van der Waals surface area contributed by atoms with Crippen molar-refractivity contribution in [3.05, 3.63) is 0 Å². The first-order valence-electron chi connectivity index (χ1n) is 5.59. The fourth-order valence-corrected chi connectivity index (χ4v) is 1.55. The number of carboxylic acids is 1. The Hall–Kier alpha value is -1.30. The van der Waals surface area contributed by atoms with E-state index in [2.05, 4.69) is 0 Å². The molecule has 6 nitrogen and oxygen atoms in total. The highest BCUT2D eigenvalue weighted by molar-refractivity contribution is 5.69. The highest BCUT2D eigenvalue weighted by atomic mass is 16.6. The van der Waals surface area contributed by atoms with E-state index >= 15 is 0 Å². The van der Waals surface area contributed by atoms with Crippen LogP contribution in [0.5, 0.6) is 0 Å². The Kier molecular flexibility index (Phi) is 4.34. The summed E-state index contributed by atoms with van der Waals surface area (Å²) in [5, 5.41) is 8.47. The zero-order valence-corrected chi connectivity index (χ0v) is 10.4. The summed E-state index contributed by atoms with van der Waals surface area (Å²) in [6.07, 6.45) is 0.0598. The maximum atomic E-state index is 11.7. The van der Waals surface area contributed by atoms with Crippen molar-refractivity contribution in [3.63, 3.8) is 0 Å². The van der Waals surface area contributed by atoms with Crippen molar-refractivity contribution in [2.75, 3.05) is 19.7 Å². The zero-order valence-electron chi connectivity index (χ0n) is 10.4. The van der Waals surface area contributed by atoms with Crippen LogP contribution in [0.15, 0.2) is 0 Å². The SMILES string of the molecule is CC(C)(C)OC(=O)N1CCC(OCC(=O)O)C1. The molecule has 0 aromatic rings. The number of ether oxygens (including phenoxy) is 2. The third kappa shape index (κ3) is 5.04.